The first-order valence-corrected chi connectivity index (χ1v) is 8.19. The van der Waals surface area contributed by atoms with Crippen LogP contribution in [0.15, 0.2) is 52.0 Å². The molecule has 0 unspecified atom stereocenters. The average Bonchev–Trinajstić information content (AvgIpc) is 3.17. The maximum absolute atomic E-state index is 12.2. The Hall–Kier alpha value is -3.16. The number of aromatic amines is 1. The van der Waals surface area contributed by atoms with Gasteiger partial charge in [0.15, 0.2) is 0 Å². The van der Waals surface area contributed by atoms with Crippen molar-refractivity contribution in [3.63, 3.8) is 0 Å². The van der Waals surface area contributed by atoms with Crippen molar-refractivity contribution >= 4 is 11.8 Å². The summed E-state index contributed by atoms with van der Waals surface area (Å²) in [7, 11) is 0. The van der Waals surface area contributed by atoms with Crippen molar-refractivity contribution in [1.82, 2.24) is 20.2 Å². The zero-order valence-corrected chi connectivity index (χ0v) is 13.6. The van der Waals surface area contributed by atoms with E-state index in [2.05, 4.69) is 25.1 Å². The van der Waals surface area contributed by atoms with Gasteiger partial charge in [0.25, 0.3) is 5.56 Å². The maximum Gasteiger partial charge on any atom is 0.274 e. The second kappa shape index (κ2) is 6.76. The van der Waals surface area contributed by atoms with Gasteiger partial charge < -0.3 is 14.2 Å². The molecule has 128 valence electrons. The third-order valence-corrected chi connectivity index (χ3v) is 4.23. The van der Waals surface area contributed by atoms with Crippen LogP contribution in [0.5, 0.6) is 0 Å². The molecule has 8 nitrogen and oxygen atoms in total. The molecule has 1 saturated heterocycles. The lowest BCUT2D eigenvalue weighted by atomic mass is 10.2. The SMILES string of the molecule is O=c1[nH]c(N2CCN(c3ccccn3)CC2)nnc1Cc1ccco1. The number of hydrogen-bond acceptors (Lipinski definition) is 7. The predicted molar refractivity (Wildman–Crippen MR) is 92.8 cm³/mol. The maximum atomic E-state index is 12.2. The second-order valence-corrected chi connectivity index (χ2v) is 5.84. The summed E-state index contributed by atoms with van der Waals surface area (Å²) in [4.78, 5) is 23.7. The molecule has 4 heterocycles. The van der Waals surface area contributed by atoms with Crippen molar-refractivity contribution in [2.24, 2.45) is 0 Å². The van der Waals surface area contributed by atoms with Gasteiger partial charge in [-0.1, -0.05) is 6.07 Å². The minimum atomic E-state index is -0.228. The molecule has 0 aliphatic carbocycles. The summed E-state index contributed by atoms with van der Waals surface area (Å²) in [6.07, 6.45) is 3.71. The van der Waals surface area contributed by atoms with Gasteiger partial charge in [0, 0.05) is 32.4 Å². The number of hydrogen-bond donors (Lipinski definition) is 1. The highest BCUT2D eigenvalue weighted by Crippen LogP contribution is 2.15. The van der Waals surface area contributed by atoms with Gasteiger partial charge in [0.1, 0.15) is 17.3 Å². The zero-order chi connectivity index (χ0) is 17.1. The van der Waals surface area contributed by atoms with Gasteiger partial charge in [0.2, 0.25) is 5.95 Å². The molecule has 4 rings (SSSR count). The lowest BCUT2D eigenvalue weighted by Gasteiger charge is -2.35. The lowest BCUT2D eigenvalue weighted by molar-refractivity contribution is 0.517. The molecule has 1 N–H and O–H groups in total. The Bertz CT molecular complexity index is 870. The third kappa shape index (κ3) is 3.37. The Morgan fingerprint density at radius 1 is 1.04 bits per heavy atom. The molecule has 0 amide bonds. The van der Waals surface area contributed by atoms with E-state index in [4.69, 9.17) is 4.42 Å². The van der Waals surface area contributed by atoms with E-state index in [0.29, 0.717) is 23.8 Å². The van der Waals surface area contributed by atoms with Crippen LogP contribution in [0, 0.1) is 0 Å². The molecule has 1 aliphatic heterocycles. The van der Waals surface area contributed by atoms with E-state index < -0.39 is 0 Å². The molecule has 0 spiro atoms. The highest BCUT2D eigenvalue weighted by Gasteiger charge is 2.20. The van der Waals surface area contributed by atoms with E-state index in [9.17, 15) is 4.79 Å². The molecule has 3 aromatic rings. The zero-order valence-electron chi connectivity index (χ0n) is 13.6. The number of anilines is 2. The van der Waals surface area contributed by atoms with Gasteiger partial charge in [-0.25, -0.2) is 4.98 Å². The van der Waals surface area contributed by atoms with E-state index in [-0.39, 0.29) is 5.56 Å². The van der Waals surface area contributed by atoms with Crippen LogP contribution in [0.2, 0.25) is 0 Å². The number of aromatic nitrogens is 4. The summed E-state index contributed by atoms with van der Waals surface area (Å²) >= 11 is 0. The summed E-state index contributed by atoms with van der Waals surface area (Å²) in [5.41, 5.74) is 0.124. The summed E-state index contributed by atoms with van der Waals surface area (Å²) in [5, 5.41) is 8.27. The Kier molecular flexibility index (Phi) is 4.16. The van der Waals surface area contributed by atoms with Gasteiger partial charge in [-0.05, 0) is 24.3 Å². The van der Waals surface area contributed by atoms with Crippen molar-refractivity contribution in [2.75, 3.05) is 36.0 Å². The van der Waals surface area contributed by atoms with Gasteiger partial charge in [-0.15, -0.1) is 10.2 Å². The van der Waals surface area contributed by atoms with Crippen LogP contribution >= 0.6 is 0 Å². The Balaban J connectivity index is 1.43. The van der Waals surface area contributed by atoms with Crippen LogP contribution in [0.4, 0.5) is 11.8 Å². The Morgan fingerprint density at radius 2 is 1.88 bits per heavy atom. The fourth-order valence-corrected chi connectivity index (χ4v) is 2.88. The minimum Gasteiger partial charge on any atom is -0.469 e. The highest BCUT2D eigenvalue weighted by atomic mass is 16.3. The number of nitrogens with zero attached hydrogens (tertiary/aromatic N) is 5. The molecule has 25 heavy (non-hydrogen) atoms. The molecule has 0 radical (unpaired) electrons. The fourth-order valence-electron chi connectivity index (χ4n) is 2.88. The Morgan fingerprint density at radius 3 is 2.56 bits per heavy atom. The molecule has 1 aliphatic rings. The quantitative estimate of drug-likeness (QED) is 0.761. The smallest absolute Gasteiger partial charge is 0.274 e. The molecule has 3 aromatic heterocycles. The first kappa shape index (κ1) is 15.4. The number of H-pyrrole nitrogens is 1. The summed E-state index contributed by atoms with van der Waals surface area (Å²) in [6.45, 7) is 3.13. The predicted octanol–water partition coefficient (Wildman–Crippen LogP) is 1.07. The molecule has 0 bridgehead atoms. The lowest BCUT2D eigenvalue weighted by Crippen LogP contribution is -2.48. The van der Waals surface area contributed by atoms with Crippen molar-refractivity contribution in [3.8, 4) is 0 Å². The van der Waals surface area contributed by atoms with Gasteiger partial charge >= 0.3 is 0 Å². The number of rotatable bonds is 4. The first-order valence-electron chi connectivity index (χ1n) is 8.19. The van der Waals surface area contributed by atoms with Gasteiger partial charge in [0.05, 0.1) is 12.7 Å². The minimum absolute atomic E-state index is 0.228. The van der Waals surface area contributed by atoms with E-state index in [0.717, 1.165) is 32.0 Å². The molecular formula is C17H18N6O2. The summed E-state index contributed by atoms with van der Waals surface area (Å²) in [5.74, 6) is 2.17. The number of furan rings is 1. The van der Waals surface area contributed by atoms with Gasteiger partial charge in [-0.3, -0.25) is 9.78 Å². The largest absolute Gasteiger partial charge is 0.469 e. The number of pyridine rings is 1. The molecule has 0 saturated carbocycles. The summed E-state index contributed by atoms with van der Waals surface area (Å²) < 4.78 is 5.25. The first-order chi connectivity index (χ1) is 12.3. The van der Waals surface area contributed by atoms with Crippen molar-refractivity contribution in [1.29, 1.82) is 0 Å². The van der Waals surface area contributed by atoms with Gasteiger partial charge in [-0.2, -0.15) is 0 Å². The number of nitrogens with one attached hydrogen (secondary N) is 1. The van der Waals surface area contributed by atoms with Crippen LogP contribution in [0.1, 0.15) is 11.5 Å². The van der Waals surface area contributed by atoms with E-state index in [1.807, 2.05) is 29.2 Å². The van der Waals surface area contributed by atoms with Crippen molar-refractivity contribution in [2.45, 2.75) is 6.42 Å². The van der Waals surface area contributed by atoms with E-state index >= 15 is 0 Å². The normalized spacial score (nSPS) is 14.7. The van der Waals surface area contributed by atoms with Crippen LogP contribution < -0.4 is 15.4 Å². The summed E-state index contributed by atoms with van der Waals surface area (Å²) in [6, 6.07) is 9.48. The van der Waals surface area contributed by atoms with Crippen LogP contribution in [0.25, 0.3) is 0 Å². The van der Waals surface area contributed by atoms with E-state index in [1.54, 1.807) is 18.5 Å². The molecule has 1 fully saturated rings. The molecule has 0 aromatic carbocycles. The highest BCUT2D eigenvalue weighted by molar-refractivity contribution is 5.41. The van der Waals surface area contributed by atoms with Crippen molar-refractivity contribution < 1.29 is 4.42 Å². The monoisotopic (exact) mass is 338 g/mol. The topological polar surface area (TPSA) is 91.2 Å². The Labute approximate surface area is 144 Å². The molecular weight excluding hydrogens is 320 g/mol. The van der Waals surface area contributed by atoms with Crippen LogP contribution in [0.3, 0.4) is 0 Å². The third-order valence-electron chi connectivity index (χ3n) is 4.23. The second-order valence-electron chi connectivity index (χ2n) is 5.84. The molecule has 8 heteroatoms. The van der Waals surface area contributed by atoms with Crippen LogP contribution in [-0.4, -0.2) is 46.3 Å². The standard InChI is InChI=1S/C17H18N6O2/c24-16-14(12-13-4-3-11-25-13)20-21-17(19-16)23-9-7-22(8-10-23)15-5-1-2-6-18-15/h1-6,11H,7-10,12H2,(H,19,21,24). The van der Waals surface area contributed by atoms with Crippen molar-refractivity contribution in [3.05, 3.63) is 64.6 Å². The molecule has 0 atom stereocenters. The number of piperazine rings is 1. The average molecular weight is 338 g/mol. The van der Waals surface area contributed by atoms with E-state index in [1.165, 1.54) is 0 Å². The fraction of sp³-hybridized carbons (Fsp3) is 0.294. The van der Waals surface area contributed by atoms with Crippen LogP contribution in [-0.2, 0) is 6.42 Å².